The molecule has 1 nitrogen and oxygen atoms in total. The van der Waals surface area contributed by atoms with E-state index in [1.807, 2.05) is 6.07 Å². The van der Waals surface area contributed by atoms with Crippen molar-refractivity contribution in [1.29, 1.82) is 0 Å². The van der Waals surface area contributed by atoms with Gasteiger partial charge in [0.1, 0.15) is 5.82 Å². The number of halogens is 1. The Balaban J connectivity index is 1.77. The van der Waals surface area contributed by atoms with Crippen LogP contribution in [0.1, 0.15) is 46.5 Å². The summed E-state index contributed by atoms with van der Waals surface area (Å²) < 4.78 is 13.1. The highest BCUT2D eigenvalue weighted by Gasteiger charge is 2.29. The zero-order valence-electron chi connectivity index (χ0n) is 12.4. The Hall–Kier alpha value is -1.05. The molecule has 2 heteroatoms. The molecule has 2 rings (SSSR count). The van der Waals surface area contributed by atoms with Crippen LogP contribution in [-0.2, 0) is 0 Å². The molecule has 0 radical (unpaired) electrons. The van der Waals surface area contributed by atoms with E-state index in [4.69, 9.17) is 0 Å². The summed E-state index contributed by atoms with van der Waals surface area (Å²) in [6.07, 6.45) is 5.26. The molecule has 0 atom stereocenters. The molecule has 1 aromatic carbocycles. The van der Waals surface area contributed by atoms with Crippen LogP contribution in [0, 0.1) is 23.1 Å². The molecule has 1 aliphatic carbocycles. The SMILES string of the molecule is CC(C)(C)C1CCC(CNc2cccc(F)c2)CC1. The van der Waals surface area contributed by atoms with Crippen molar-refractivity contribution in [2.24, 2.45) is 17.3 Å². The maximum atomic E-state index is 13.1. The number of hydrogen-bond donors (Lipinski definition) is 1. The maximum absolute atomic E-state index is 13.1. The molecule has 1 saturated carbocycles. The summed E-state index contributed by atoms with van der Waals surface area (Å²) in [4.78, 5) is 0. The minimum absolute atomic E-state index is 0.165. The normalized spacial score (nSPS) is 24.2. The largest absolute Gasteiger partial charge is 0.385 e. The van der Waals surface area contributed by atoms with E-state index < -0.39 is 0 Å². The summed E-state index contributed by atoms with van der Waals surface area (Å²) >= 11 is 0. The van der Waals surface area contributed by atoms with E-state index in [-0.39, 0.29) is 5.82 Å². The second-order valence-electron chi connectivity index (χ2n) is 6.97. The van der Waals surface area contributed by atoms with Crippen molar-refractivity contribution in [3.8, 4) is 0 Å². The highest BCUT2D eigenvalue weighted by atomic mass is 19.1. The highest BCUT2D eigenvalue weighted by molar-refractivity contribution is 5.42. The number of benzene rings is 1. The predicted molar refractivity (Wildman–Crippen MR) is 79.8 cm³/mol. The fourth-order valence-corrected chi connectivity index (χ4v) is 3.09. The number of rotatable bonds is 3. The van der Waals surface area contributed by atoms with Gasteiger partial charge in [-0.25, -0.2) is 4.39 Å². The standard InChI is InChI=1S/C17H26FN/c1-17(2,3)14-9-7-13(8-10-14)12-19-16-6-4-5-15(18)11-16/h4-6,11,13-14,19H,7-10,12H2,1-3H3. The monoisotopic (exact) mass is 263 g/mol. The maximum Gasteiger partial charge on any atom is 0.125 e. The Morgan fingerprint density at radius 3 is 2.42 bits per heavy atom. The molecule has 1 aromatic rings. The average molecular weight is 263 g/mol. The molecule has 19 heavy (non-hydrogen) atoms. The molecule has 0 bridgehead atoms. The van der Waals surface area contributed by atoms with E-state index in [9.17, 15) is 4.39 Å². The molecular formula is C17H26FN. The Morgan fingerprint density at radius 2 is 1.84 bits per heavy atom. The molecule has 0 aliphatic heterocycles. The summed E-state index contributed by atoms with van der Waals surface area (Å²) in [6, 6.07) is 6.75. The quantitative estimate of drug-likeness (QED) is 0.801. The third-order valence-corrected chi connectivity index (χ3v) is 4.49. The zero-order valence-corrected chi connectivity index (χ0v) is 12.4. The fraction of sp³-hybridized carbons (Fsp3) is 0.647. The summed E-state index contributed by atoms with van der Waals surface area (Å²) in [5, 5.41) is 3.37. The van der Waals surface area contributed by atoms with Crippen molar-refractivity contribution in [2.75, 3.05) is 11.9 Å². The molecule has 0 saturated heterocycles. The van der Waals surface area contributed by atoms with Crippen LogP contribution in [0.5, 0.6) is 0 Å². The van der Waals surface area contributed by atoms with Crippen molar-refractivity contribution in [3.63, 3.8) is 0 Å². The summed E-state index contributed by atoms with van der Waals surface area (Å²) in [6.45, 7) is 8.02. The van der Waals surface area contributed by atoms with Crippen LogP contribution in [0.15, 0.2) is 24.3 Å². The van der Waals surface area contributed by atoms with Crippen LogP contribution in [0.2, 0.25) is 0 Å². The van der Waals surface area contributed by atoms with Gasteiger partial charge in [0, 0.05) is 12.2 Å². The van der Waals surface area contributed by atoms with E-state index >= 15 is 0 Å². The minimum atomic E-state index is -0.165. The minimum Gasteiger partial charge on any atom is -0.385 e. The van der Waals surface area contributed by atoms with Gasteiger partial charge in [0.15, 0.2) is 0 Å². The summed E-state index contributed by atoms with van der Waals surface area (Å²) in [5.74, 6) is 1.43. The molecule has 1 aliphatic rings. The molecule has 0 amide bonds. The van der Waals surface area contributed by atoms with Gasteiger partial charge >= 0.3 is 0 Å². The van der Waals surface area contributed by atoms with Gasteiger partial charge in [-0.3, -0.25) is 0 Å². The summed E-state index contributed by atoms with van der Waals surface area (Å²) in [7, 11) is 0. The van der Waals surface area contributed by atoms with Crippen molar-refractivity contribution in [3.05, 3.63) is 30.1 Å². The smallest absolute Gasteiger partial charge is 0.125 e. The van der Waals surface area contributed by atoms with Crippen LogP contribution >= 0.6 is 0 Å². The average Bonchev–Trinajstić information content (AvgIpc) is 2.36. The van der Waals surface area contributed by atoms with Crippen molar-refractivity contribution < 1.29 is 4.39 Å². The van der Waals surface area contributed by atoms with Crippen LogP contribution in [0.3, 0.4) is 0 Å². The lowest BCUT2D eigenvalue weighted by Crippen LogP contribution is -2.28. The molecule has 106 valence electrons. The third-order valence-electron chi connectivity index (χ3n) is 4.49. The Bertz CT molecular complexity index is 400. The Morgan fingerprint density at radius 1 is 1.16 bits per heavy atom. The molecule has 1 N–H and O–H groups in total. The van der Waals surface area contributed by atoms with E-state index in [2.05, 4.69) is 26.1 Å². The van der Waals surface area contributed by atoms with Crippen LogP contribution < -0.4 is 5.32 Å². The van der Waals surface area contributed by atoms with Crippen LogP contribution in [0.4, 0.5) is 10.1 Å². The summed E-state index contributed by atoms with van der Waals surface area (Å²) in [5.41, 5.74) is 1.35. The first kappa shape index (κ1) is 14.4. The van der Waals surface area contributed by atoms with Gasteiger partial charge in [-0.05, 0) is 61.1 Å². The molecule has 0 unspecified atom stereocenters. The van der Waals surface area contributed by atoms with Gasteiger partial charge < -0.3 is 5.32 Å². The fourth-order valence-electron chi connectivity index (χ4n) is 3.09. The van der Waals surface area contributed by atoms with E-state index in [1.54, 1.807) is 12.1 Å². The lowest BCUT2D eigenvalue weighted by Gasteiger charge is -2.37. The van der Waals surface area contributed by atoms with Gasteiger partial charge in [0.05, 0.1) is 0 Å². The Kier molecular flexibility index (Phi) is 4.49. The van der Waals surface area contributed by atoms with Gasteiger partial charge in [0.2, 0.25) is 0 Å². The predicted octanol–water partition coefficient (Wildman–Crippen LogP) is 5.09. The van der Waals surface area contributed by atoms with Crippen molar-refractivity contribution in [1.82, 2.24) is 0 Å². The van der Waals surface area contributed by atoms with Gasteiger partial charge in [-0.1, -0.05) is 26.8 Å². The second-order valence-corrected chi connectivity index (χ2v) is 6.97. The first-order valence-electron chi connectivity index (χ1n) is 7.44. The molecule has 0 spiro atoms. The van der Waals surface area contributed by atoms with Crippen LogP contribution in [-0.4, -0.2) is 6.54 Å². The first-order valence-corrected chi connectivity index (χ1v) is 7.44. The van der Waals surface area contributed by atoms with Gasteiger partial charge in [0.25, 0.3) is 0 Å². The van der Waals surface area contributed by atoms with E-state index in [1.165, 1.54) is 31.7 Å². The third kappa shape index (κ3) is 4.22. The zero-order chi connectivity index (χ0) is 13.9. The number of anilines is 1. The molecular weight excluding hydrogens is 237 g/mol. The lowest BCUT2D eigenvalue weighted by molar-refractivity contribution is 0.153. The number of hydrogen-bond acceptors (Lipinski definition) is 1. The van der Waals surface area contributed by atoms with Gasteiger partial charge in [-0.15, -0.1) is 0 Å². The van der Waals surface area contributed by atoms with Crippen LogP contribution in [0.25, 0.3) is 0 Å². The number of nitrogens with one attached hydrogen (secondary N) is 1. The molecule has 0 heterocycles. The van der Waals surface area contributed by atoms with Gasteiger partial charge in [-0.2, -0.15) is 0 Å². The Labute approximate surface area is 116 Å². The topological polar surface area (TPSA) is 12.0 Å². The highest BCUT2D eigenvalue weighted by Crippen LogP contribution is 2.39. The second kappa shape index (κ2) is 5.94. The van der Waals surface area contributed by atoms with Crippen molar-refractivity contribution in [2.45, 2.75) is 46.5 Å². The van der Waals surface area contributed by atoms with E-state index in [0.29, 0.717) is 5.41 Å². The molecule has 0 aromatic heterocycles. The molecule has 1 fully saturated rings. The first-order chi connectivity index (χ1) is 8.95. The van der Waals surface area contributed by atoms with E-state index in [0.717, 1.165) is 24.1 Å². The van der Waals surface area contributed by atoms with Crippen molar-refractivity contribution >= 4 is 5.69 Å². The lowest BCUT2D eigenvalue weighted by atomic mass is 9.70.